The van der Waals surface area contributed by atoms with Gasteiger partial charge < -0.3 is 15.1 Å². The standard InChI is InChI=1S/C22H34FN5O2/c1-22(2,3)24-20(29)16-25-10-14-28(15-11-25)21(30)17-26-8-12-27(13-9-26)19-7-5-4-6-18(19)23/h4-7H,8-17H2,1-3H3,(H,24,29). The zero-order valence-electron chi connectivity index (χ0n) is 18.4. The fourth-order valence-electron chi connectivity index (χ4n) is 3.96. The van der Waals surface area contributed by atoms with Gasteiger partial charge in [-0.05, 0) is 32.9 Å². The molecule has 0 unspecified atom stereocenters. The Bertz CT molecular complexity index is 735. The van der Waals surface area contributed by atoms with Crippen LogP contribution in [0.25, 0.3) is 0 Å². The molecule has 8 heteroatoms. The van der Waals surface area contributed by atoms with E-state index >= 15 is 0 Å². The molecule has 2 saturated heterocycles. The van der Waals surface area contributed by atoms with Crippen molar-refractivity contribution < 1.29 is 14.0 Å². The number of anilines is 1. The van der Waals surface area contributed by atoms with Crippen molar-refractivity contribution in [1.82, 2.24) is 20.0 Å². The van der Waals surface area contributed by atoms with Crippen molar-refractivity contribution in [2.75, 3.05) is 70.3 Å². The zero-order valence-corrected chi connectivity index (χ0v) is 18.4. The van der Waals surface area contributed by atoms with Crippen LogP contribution in [-0.2, 0) is 9.59 Å². The highest BCUT2D eigenvalue weighted by atomic mass is 19.1. The number of benzene rings is 1. The first-order chi connectivity index (χ1) is 14.2. The first kappa shape index (κ1) is 22.5. The number of carbonyl (C=O) groups is 2. The third-order valence-corrected chi connectivity index (χ3v) is 5.53. The SMILES string of the molecule is CC(C)(C)NC(=O)CN1CCN(C(=O)CN2CCN(c3ccccc3F)CC2)CC1. The third kappa shape index (κ3) is 6.40. The molecular weight excluding hydrogens is 385 g/mol. The van der Waals surface area contributed by atoms with Gasteiger partial charge in [0.15, 0.2) is 0 Å². The first-order valence-corrected chi connectivity index (χ1v) is 10.7. The van der Waals surface area contributed by atoms with Crippen LogP contribution in [0.15, 0.2) is 24.3 Å². The second-order valence-electron chi connectivity index (χ2n) is 9.17. The molecule has 1 N–H and O–H groups in total. The fraction of sp³-hybridized carbons (Fsp3) is 0.636. The van der Waals surface area contributed by atoms with Crippen LogP contribution in [0.1, 0.15) is 20.8 Å². The Morgan fingerprint density at radius 3 is 2.07 bits per heavy atom. The predicted molar refractivity (Wildman–Crippen MR) is 116 cm³/mol. The van der Waals surface area contributed by atoms with Crippen LogP contribution in [0.4, 0.5) is 10.1 Å². The van der Waals surface area contributed by atoms with E-state index in [0.717, 1.165) is 13.1 Å². The Kier molecular flexibility index (Phi) is 7.31. The summed E-state index contributed by atoms with van der Waals surface area (Å²) < 4.78 is 14.0. The van der Waals surface area contributed by atoms with E-state index in [9.17, 15) is 14.0 Å². The zero-order chi connectivity index (χ0) is 21.7. The van der Waals surface area contributed by atoms with Crippen LogP contribution in [0.5, 0.6) is 0 Å². The summed E-state index contributed by atoms with van der Waals surface area (Å²) in [6.07, 6.45) is 0. The minimum Gasteiger partial charge on any atom is -0.367 e. The van der Waals surface area contributed by atoms with Crippen molar-refractivity contribution in [2.45, 2.75) is 26.3 Å². The molecule has 0 atom stereocenters. The van der Waals surface area contributed by atoms with Crippen molar-refractivity contribution >= 4 is 17.5 Å². The molecule has 0 saturated carbocycles. The minimum absolute atomic E-state index is 0.0231. The van der Waals surface area contributed by atoms with E-state index < -0.39 is 0 Å². The summed E-state index contributed by atoms with van der Waals surface area (Å²) in [6, 6.07) is 6.83. The number of nitrogens with one attached hydrogen (secondary N) is 1. The molecular formula is C22H34FN5O2. The molecule has 0 spiro atoms. The van der Waals surface area contributed by atoms with Crippen molar-refractivity contribution in [2.24, 2.45) is 0 Å². The van der Waals surface area contributed by atoms with Crippen LogP contribution >= 0.6 is 0 Å². The second kappa shape index (κ2) is 9.75. The topological polar surface area (TPSA) is 59.1 Å². The lowest BCUT2D eigenvalue weighted by Crippen LogP contribution is -2.55. The molecule has 166 valence electrons. The Balaban J connectivity index is 1.38. The quantitative estimate of drug-likeness (QED) is 0.772. The van der Waals surface area contributed by atoms with Gasteiger partial charge in [0.1, 0.15) is 5.82 Å². The lowest BCUT2D eigenvalue weighted by atomic mass is 10.1. The summed E-state index contributed by atoms with van der Waals surface area (Å²) >= 11 is 0. The summed E-state index contributed by atoms with van der Waals surface area (Å²) in [4.78, 5) is 33.0. The number of rotatable bonds is 5. The van der Waals surface area contributed by atoms with Gasteiger partial charge in [0.25, 0.3) is 0 Å². The van der Waals surface area contributed by atoms with Crippen molar-refractivity contribution in [3.63, 3.8) is 0 Å². The molecule has 0 aliphatic carbocycles. The van der Waals surface area contributed by atoms with Gasteiger partial charge in [-0.15, -0.1) is 0 Å². The lowest BCUT2D eigenvalue weighted by Gasteiger charge is -2.38. The Morgan fingerprint density at radius 2 is 1.47 bits per heavy atom. The predicted octanol–water partition coefficient (Wildman–Crippen LogP) is 1.01. The van der Waals surface area contributed by atoms with Crippen molar-refractivity contribution in [3.8, 4) is 0 Å². The maximum absolute atomic E-state index is 14.0. The first-order valence-electron chi connectivity index (χ1n) is 10.7. The molecule has 0 radical (unpaired) electrons. The second-order valence-corrected chi connectivity index (χ2v) is 9.17. The molecule has 0 aromatic heterocycles. The molecule has 0 bridgehead atoms. The van der Waals surface area contributed by atoms with Gasteiger partial charge in [-0.1, -0.05) is 12.1 Å². The molecule has 2 aliphatic rings. The van der Waals surface area contributed by atoms with Gasteiger partial charge in [-0.25, -0.2) is 4.39 Å². The molecule has 3 rings (SSSR count). The Labute approximate surface area is 178 Å². The summed E-state index contributed by atoms with van der Waals surface area (Å²) in [7, 11) is 0. The molecule has 1 aromatic rings. The van der Waals surface area contributed by atoms with Crippen LogP contribution in [0.2, 0.25) is 0 Å². The van der Waals surface area contributed by atoms with Crippen molar-refractivity contribution in [1.29, 1.82) is 0 Å². The third-order valence-electron chi connectivity index (χ3n) is 5.53. The van der Waals surface area contributed by atoms with E-state index in [1.54, 1.807) is 12.1 Å². The number of halogens is 1. The van der Waals surface area contributed by atoms with Gasteiger partial charge in [0.2, 0.25) is 11.8 Å². The Hall–Kier alpha value is -2.19. The average molecular weight is 420 g/mol. The van der Waals surface area contributed by atoms with E-state index in [1.165, 1.54) is 6.07 Å². The molecule has 2 heterocycles. The maximum atomic E-state index is 14.0. The molecule has 30 heavy (non-hydrogen) atoms. The van der Waals surface area contributed by atoms with Crippen molar-refractivity contribution in [3.05, 3.63) is 30.1 Å². The fourth-order valence-corrected chi connectivity index (χ4v) is 3.96. The number of piperazine rings is 2. The lowest BCUT2D eigenvalue weighted by molar-refractivity contribution is -0.134. The average Bonchev–Trinajstić information content (AvgIpc) is 2.68. The van der Waals surface area contributed by atoms with Gasteiger partial charge in [0, 0.05) is 57.9 Å². The largest absolute Gasteiger partial charge is 0.367 e. The normalized spacial score (nSPS) is 19.1. The van der Waals surface area contributed by atoms with Gasteiger partial charge >= 0.3 is 0 Å². The summed E-state index contributed by atoms with van der Waals surface area (Å²) in [5.74, 6) is -0.0424. The minimum atomic E-state index is -0.231. The molecule has 1 aromatic carbocycles. The highest BCUT2D eigenvalue weighted by molar-refractivity contribution is 5.79. The van der Waals surface area contributed by atoms with Crippen LogP contribution in [-0.4, -0.2) is 97.5 Å². The summed E-state index contributed by atoms with van der Waals surface area (Å²) in [5, 5.41) is 2.98. The molecule has 2 aliphatic heterocycles. The summed E-state index contributed by atoms with van der Waals surface area (Å²) in [6.45, 7) is 12.3. The monoisotopic (exact) mass is 419 g/mol. The number of para-hydroxylation sites is 1. The molecule has 2 fully saturated rings. The number of hydrogen-bond donors (Lipinski definition) is 1. The van der Waals surface area contributed by atoms with Gasteiger partial charge in [0.05, 0.1) is 18.8 Å². The summed E-state index contributed by atoms with van der Waals surface area (Å²) in [5.41, 5.74) is 0.403. The van der Waals surface area contributed by atoms with Crippen LogP contribution in [0.3, 0.4) is 0 Å². The highest BCUT2D eigenvalue weighted by Crippen LogP contribution is 2.20. The van der Waals surface area contributed by atoms with Gasteiger partial charge in [-0.2, -0.15) is 0 Å². The Morgan fingerprint density at radius 1 is 0.900 bits per heavy atom. The highest BCUT2D eigenvalue weighted by Gasteiger charge is 2.26. The van der Waals surface area contributed by atoms with Crippen LogP contribution in [0, 0.1) is 5.82 Å². The van der Waals surface area contributed by atoms with Crippen LogP contribution < -0.4 is 10.2 Å². The molecule has 7 nitrogen and oxygen atoms in total. The number of carbonyl (C=O) groups excluding carboxylic acids is 2. The van der Waals surface area contributed by atoms with E-state index in [0.29, 0.717) is 58.0 Å². The van der Waals surface area contributed by atoms with Gasteiger partial charge in [-0.3, -0.25) is 19.4 Å². The maximum Gasteiger partial charge on any atom is 0.236 e. The molecule has 2 amide bonds. The van der Waals surface area contributed by atoms with E-state index in [2.05, 4.69) is 15.1 Å². The van der Waals surface area contributed by atoms with E-state index in [-0.39, 0.29) is 23.2 Å². The number of nitrogens with zero attached hydrogens (tertiary/aromatic N) is 4. The van der Waals surface area contributed by atoms with E-state index in [4.69, 9.17) is 0 Å². The number of amides is 2. The number of hydrogen-bond acceptors (Lipinski definition) is 5. The smallest absolute Gasteiger partial charge is 0.236 e. The van der Waals surface area contributed by atoms with E-state index in [1.807, 2.05) is 36.6 Å².